The maximum Gasteiger partial charge on any atom is 0.328 e. The van der Waals surface area contributed by atoms with E-state index in [4.69, 9.17) is 9.84 Å². The number of likely N-dealkylation sites (N-methyl/N-ethyl adjacent to an activating group) is 1. The smallest absolute Gasteiger partial charge is 0.328 e. The number of hydrogen-bond acceptors (Lipinski definition) is 4. The number of carboxylic acid groups (broad SMARTS) is 1. The minimum absolute atomic E-state index is 0.0329. The highest BCUT2D eigenvalue weighted by Gasteiger charge is 2.24. The molecule has 1 aliphatic rings. The van der Waals surface area contributed by atoms with Gasteiger partial charge in [0.15, 0.2) is 6.04 Å². The average molecular weight is 245 g/mol. The van der Waals surface area contributed by atoms with Crippen LogP contribution < -0.4 is 5.32 Å². The van der Waals surface area contributed by atoms with Gasteiger partial charge in [0.05, 0.1) is 6.61 Å². The van der Waals surface area contributed by atoms with Crippen molar-refractivity contribution in [1.82, 2.24) is 15.1 Å². The first-order valence-corrected chi connectivity index (χ1v) is 5.50. The number of nitrogens with zero attached hydrogens (tertiary/aromatic N) is 2. The molecule has 7 nitrogen and oxygen atoms in total. The Labute approximate surface area is 100 Å². The zero-order chi connectivity index (χ0) is 12.8. The normalized spacial score (nSPS) is 18.8. The molecular formula is C10H19N3O4. The van der Waals surface area contributed by atoms with Gasteiger partial charge in [0.1, 0.15) is 0 Å². The van der Waals surface area contributed by atoms with Gasteiger partial charge in [-0.15, -0.1) is 0 Å². The third-order valence-electron chi connectivity index (χ3n) is 2.72. The molecule has 0 aromatic heterocycles. The van der Waals surface area contributed by atoms with Gasteiger partial charge in [-0.2, -0.15) is 0 Å². The van der Waals surface area contributed by atoms with Crippen molar-refractivity contribution in [2.75, 3.05) is 46.9 Å². The summed E-state index contributed by atoms with van der Waals surface area (Å²) in [5.74, 6) is -1.09. The van der Waals surface area contributed by atoms with E-state index in [1.165, 1.54) is 7.11 Å². The zero-order valence-corrected chi connectivity index (χ0v) is 10.2. The molecule has 0 aromatic carbocycles. The topological polar surface area (TPSA) is 82.1 Å². The fraction of sp³-hybridized carbons (Fsp3) is 0.800. The molecule has 0 aromatic rings. The Morgan fingerprint density at radius 1 is 1.35 bits per heavy atom. The molecule has 0 spiro atoms. The number of carboxylic acids is 1. The summed E-state index contributed by atoms with van der Waals surface area (Å²) in [7, 11) is 3.39. The van der Waals surface area contributed by atoms with Crippen molar-refractivity contribution < 1.29 is 19.4 Å². The second-order valence-corrected chi connectivity index (χ2v) is 4.09. The first-order valence-electron chi connectivity index (χ1n) is 5.50. The fourth-order valence-corrected chi connectivity index (χ4v) is 1.59. The van der Waals surface area contributed by atoms with Gasteiger partial charge in [-0.3, -0.25) is 0 Å². The quantitative estimate of drug-likeness (QED) is 0.667. The largest absolute Gasteiger partial charge is 0.480 e. The summed E-state index contributed by atoms with van der Waals surface area (Å²) in [4.78, 5) is 26.3. The van der Waals surface area contributed by atoms with Crippen molar-refractivity contribution in [3.8, 4) is 0 Å². The van der Waals surface area contributed by atoms with Crippen LogP contribution in [0.15, 0.2) is 0 Å². The molecule has 1 rings (SSSR count). The highest BCUT2D eigenvalue weighted by Crippen LogP contribution is 2.00. The number of carbonyl (C=O) groups is 2. The van der Waals surface area contributed by atoms with Crippen LogP contribution in [0.2, 0.25) is 0 Å². The summed E-state index contributed by atoms with van der Waals surface area (Å²) in [5.41, 5.74) is 0. The van der Waals surface area contributed by atoms with Gasteiger partial charge in [0.2, 0.25) is 0 Å². The lowest BCUT2D eigenvalue weighted by Gasteiger charge is -2.33. The third-order valence-corrected chi connectivity index (χ3v) is 2.72. The summed E-state index contributed by atoms with van der Waals surface area (Å²) in [6.07, 6.45) is 0. The maximum atomic E-state index is 11.8. The van der Waals surface area contributed by atoms with E-state index in [-0.39, 0.29) is 12.6 Å². The Morgan fingerprint density at radius 3 is 2.41 bits per heavy atom. The highest BCUT2D eigenvalue weighted by molar-refractivity contribution is 5.82. The van der Waals surface area contributed by atoms with Crippen LogP contribution >= 0.6 is 0 Å². The molecule has 1 unspecified atom stereocenters. The zero-order valence-electron chi connectivity index (χ0n) is 10.2. The number of nitrogens with one attached hydrogen (secondary N) is 1. The number of rotatable bonds is 4. The first kappa shape index (κ1) is 13.7. The lowest BCUT2D eigenvalue weighted by Crippen LogP contribution is -2.54. The SMILES string of the molecule is COCC(NC(=O)N1CCN(C)CC1)C(=O)O. The van der Waals surface area contributed by atoms with Crippen molar-refractivity contribution in [1.29, 1.82) is 0 Å². The van der Waals surface area contributed by atoms with E-state index in [0.29, 0.717) is 13.1 Å². The minimum atomic E-state index is -1.09. The van der Waals surface area contributed by atoms with E-state index in [1.807, 2.05) is 7.05 Å². The summed E-state index contributed by atoms with van der Waals surface area (Å²) in [6, 6.07) is -1.34. The Kier molecular flexibility index (Phi) is 5.17. The Morgan fingerprint density at radius 2 is 1.94 bits per heavy atom. The molecule has 1 atom stereocenters. The number of methoxy groups -OCH3 is 1. The summed E-state index contributed by atoms with van der Waals surface area (Å²) < 4.78 is 4.75. The number of hydrogen-bond donors (Lipinski definition) is 2. The van der Waals surface area contributed by atoms with Crippen molar-refractivity contribution in [2.45, 2.75) is 6.04 Å². The van der Waals surface area contributed by atoms with Gasteiger partial charge < -0.3 is 25.0 Å². The lowest BCUT2D eigenvalue weighted by molar-refractivity contribution is -0.140. The predicted octanol–water partition coefficient (Wildman–Crippen LogP) is -0.957. The van der Waals surface area contributed by atoms with Gasteiger partial charge in [0.25, 0.3) is 0 Å². The van der Waals surface area contributed by atoms with Crippen LogP contribution in [0, 0.1) is 0 Å². The molecule has 1 heterocycles. The number of aliphatic carboxylic acids is 1. The Hall–Kier alpha value is -1.34. The van der Waals surface area contributed by atoms with E-state index >= 15 is 0 Å². The standard InChI is InChI=1S/C10H19N3O4/c1-12-3-5-13(6-4-12)10(16)11-8(7-17-2)9(14)15/h8H,3-7H2,1-2H3,(H,11,16)(H,14,15). The van der Waals surface area contributed by atoms with Gasteiger partial charge in [-0.05, 0) is 7.05 Å². The molecule has 1 saturated heterocycles. The molecule has 0 saturated carbocycles. The molecular weight excluding hydrogens is 226 g/mol. The van der Waals surface area contributed by atoms with Crippen LogP contribution in [0.4, 0.5) is 4.79 Å². The fourth-order valence-electron chi connectivity index (χ4n) is 1.59. The van der Waals surface area contributed by atoms with Crippen molar-refractivity contribution in [3.05, 3.63) is 0 Å². The van der Waals surface area contributed by atoms with Crippen LogP contribution in [-0.4, -0.2) is 79.9 Å². The summed E-state index contributed by atoms with van der Waals surface area (Å²) in [5, 5.41) is 11.3. The second kappa shape index (κ2) is 6.41. The number of ether oxygens (including phenoxy) is 1. The minimum Gasteiger partial charge on any atom is -0.480 e. The van der Waals surface area contributed by atoms with Gasteiger partial charge >= 0.3 is 12.0 Å². The van der Waals surface area contributed by atoms with Crippen LogP contribution in [0.5, 0.6) is 0 Å². The van der Waals surface area contributed by atoms with Crippen LogP contribution in [0.1, 0.15) is 0 Å². The van der Waals surface area contributed by atoms with E-state index < -0.39 is 12.0 Å². The van der Waals surface area contributed by atoms with Crippen LogP contribution in [0.25, 0.3) is 0 Å². The predicted molar refractivity (Wildman–Crippen MR) is 60.9 cm³/mol. The molecule has 0 radical (unpaired) electrons. The number of urea groups is 1. The van der Waals surface area contributed by atoms with Crippen molar-refractivity contribution in [2.24, 2.45) is 0 Å². The lowest BCUT2D eigenvalue weighted by atomic mass is 10.3. The van der Waals surface area contributed by atoms with Gasteiger partial charge in [-0.25, -0.2) is 9.59 Å². The van der Waals surface area contributed by atoms with Crippen molar-refractivity contribution in [3.63, 3.8) is 0 Å². The molecule has 1 aliphatic heterocycles. The van der Waals surface area contributed by atoms with Gasteiger partial charge in [0, 0.05) is 33.3 Å². The average Bonchev–Trinajstić information content (AvgIpc) is 2.29. The van der Waals surface area contributed by atoms with E-state index in [2.05, 4.69) is 10.2 Å². The molecule has 0 bridgehead atoms. The third kappa shape index (κ3) is 4.20. The van der Waals surface area contributed by atoms with E-state index in [9.17, 15) is 9.59 Å². The molecule has 7 heteroatoms. The maximum absolute atomic E-state index is 11.8. The molecule has 17 heavy (non-hydrogen) atoms. The molecule has 98 valence electrons. The van der Waals surface area contributed by atoms with Crippen LogP contribution in [-0.2, 0) is 9.53 Å². The van der Waals surface area contributed by atoms with Crippen LogP contribution in [0.3, 0.4) is 0 Å². The summed E-state index contributed by atoms with van der Waals surface area (Å²) in [6.45, 7) is 2.79. The molecule has 2 amide bonds. The highest BCUT2D eigenvalue weighted by atomic mass is 16.5. The number of amides is 2. The second-order valence-electron chi connectivity index (χ2n) is 4.09. The van der Waals surface area contributed by atoms with E-state index in [1.54, 1.807) is 4.90 Å². The first-order chi connectivity index (χ1) is 8.04. The summed E-state index contributed by atoms with van der Waals surface area (Å²) >= 11 is 0. The Balaban J connectivity index is 2.44. The van der Waals surface area contributed by atoms with E-state index in [0.717, 1.165) is 13.1 Å². The van der Waals surface area contributed by atoms with Crippen molar-refractivity contribution >= 4 is 12.0 Å². The number of piperazine rings is 1. The molecule has 2 N–H and O–H groups in total. The molecule has 1 fully saturated rings. The monoisotopic (exact) mass is 245 g/mol. The molecule has 0 aliphatic carbocycles. The van der Waals surface area contributed by atoms with Gasteiger partial charge in [-0.1, -0.05) is 0 Å². The Bertz CT molecular complexity index is 277. The number of carbonyl (C=O) groups excluding carboxylic acids is 1.